The summed E-state index contributed by atoms with van der Waals surface area (Å²) in [4.78, 5) is 0. The van der Waals surface area contributed by atoms with Gasteiger partial charge in [-0.3, -0.25) is 0 Å². The molecule has 17 heavy (non-hydrogen) atoms. The van der Waals surface area contributed by atoms with Crippen molar-refractivity contribution in [2.45, 2.75) is 26.1 Å². The normalized spacial score (nSPS) is 12.8. The lowest BCUT2D eigenvalue weighted by molar-refractivity contribution is 0.0112. The van der Waals surface area contributed by atoms with Gasteiger partial charge in [-0.25, -0.2) is 4.39 Å². The first kappa shape index (κ1) is 14.2. The van der Waals surface area contributed by atoms with Crippen molar-refractivity contribution >= 4 is 17.3 Å². The average molecular weight is 262 g/mol. The molecule has 1 rings (SSSR count). The lowest BCUT2D eigenvalue weighted by Crippen LogP contribution is -2.26. The van der Waals surface area contributed by atoms with Gasteiger partial charge in [-0.05, 0) is 32.0 Å². The van der Waals surface area contributed by atoms with Crippen molar-refractivity contribution in [3.05, 3.63) is 29.0 Å². The quantitative estimate of drug-likeness (QED) is 0.827. The average Bonchev–Trinajstić information content (AvgIpc) is 2.28. The van der Waals surface area contributed by atoms with Crippen LogP contribution in [0.2, 0.25) is 5.02 Å². The Kier molecular flexibility index (Phi) is 5.68. The largest absolute Gasteiger partial charge is 0.389 e. The van der Waals surface area contributed by atoms with Crippen LogP contribution >= 0.6 is 11.6 Å². The van der Waals surface area contributed by atoms with E-state index in [0.717, 1.165) is 0 Å². The summed E-state index contributed by atoms with van der Waals surface area (Å²) in [6, 6.07) is 4.33. The Morgan fingerprint density at radius 2 is 2.18 bits per heavy atom. The minimum Gasteiger partial charge on any atom is -0.389 e. The highest BCUT2D eigenvalue weighted by Crippen LogP contribution is 2.19. The number of benzene rings is 1. The number of hydrogen-bond acceptors (Lipinski definition) is 3. The Morgan fingerprint density at radius 3 is 2.76 bits per heavy atom. The van der Waals surface area contributed by atoms with E-state index in [2.05, 4.69) is 5.32 Å². The molecule has 0 fully saturated rings. The van der Waals surface area contributed by atoms with Gasteiger partial charge in [-0.1, -0.05) is 11.6 Å². The SMILES string of the molecule is CC(C)OCC(O)CNc1ccc(F)c(Cl)c1. The summed E-state index contributed by atoms with van der Waals surface area (Å²) >= 11 is 5.63. The zero-order valence-corrected chi connectivity index (χ0v) is 10.7. The molecule has 5 heteroatoms. The van der Waals surface area contributed by atoms with Crippen LogP contribution in [0.3, 0.4) is 0 Å². The molecule has 0 aromatic heterocycles. The molecular formula is C12H17ClFNO2. The standard InChI is InChI=1S/C12H17ClFNO2/c1-8(2)17-7-10(16)6-15-9-3-4-12(14)11(13)5-9/h3-5,8,10,15-16H,6-7H2,1-2H3. The van der Waals surface area contributed by atoms with Crippen LogP contribution in [0.25, 0.3) is 0 Å². The van der Waals surface area contributed by atoms with Gasteiger partial charge in [0.1, 0.15) is 5.82 Å². The lowest BCUT2D eigenvalue weighted by atomic mass is 10.3. The molecule has 1 aromatic rings. The van der Waals surface area contributed by atoms with E-state index in [9.17, 15) is 9.50 Å². The third-order valence-electron chi connectivity index (χ3n) is 2.08. The molecule has 0 aliphatic heterocycles. The molecular weight excluding hydrogens is 245 g/mol. The zero-order chi connectivity index (χ0) is 12.8. The van der Waals surface area contributed by atoms with E-state index in [0.29, 0.717) is 12.2 Å². The molecule has 0 heterocycles. The molecule has 0 bridgehead atoms. The number of halogens is 2. The first-order valence-electron chi connectivity index (χ1n) is 5.47. The summed E-state index contributed by atoms with van der Waals surface area (Å²) in [6.07, 6.45) is -0.522. The molecule has 0 saturated heterocycles. The van der Waals surface area contributed by atoms with Gasteiger partial charge in [0.2, 0.25) is 0 Å². The Balaban J connectivity index is 2.36. The molecule has 0 aliphatic rings. The third-order valence-corrected chi connectivity index (χ3v) is 2.37. The van der Waals surface area contributed by atoms with Crippen LogP contribution in [-0.2, 0) is 4.74 Å². The molecule has 96 valence electrons. The molecule has 1 unspecified atom stereocenters. The second-order valence-corrected chi connectivity index (χ2v) is 4.45. The highest BCUT2D eigenvalue weighted by molar-refractivity contribution is 6.31. The molecule has 0 aliphatic carbocycles. The molecule has 0 spiro atoms. The molecule has 1 atom stereocenters. The van der Waals surface area contributed by atoms with Gasteiger partial charge in [0.15, 0.2) is 0 Å². The zero-order valence-electron chi connectivity index (χ0n) is 9.91. The number of hydrogen-bond donors (Lipinski definition) is 2. The number of ether oxygens (including phenoxy) is 1. The smallest absolute Gasteiger partial charge is 0.141 e. The molecule has 2 N–H and O–H groups in total. The van der Waals surface area contributed by atoms with Crippen LogP contribution in [0.5, 0.6) is 0 Å². The molecule has 0 radical (unpaired) electrons. The van der Waals surface area contributed by atoms with Gasteiger partial charge in [-0.2, -0.15) is 0 Å². The molecule has 0 amide bonds. The Bertz CT molecular complexity index is 360. The number of nitrogens with one attached hydrogen (secondary N) is 1. The Hall–Kier alpha value is -0.840. The van der Waals surface area contributed by atoms with Crippen LogP contribution in [0.1, 0.15) is 13.8 Å². The van der Waals surface area contributed by atoms with Crippen LogP contribution in [0.4, 0.5) is 10.1 Å². The van der Waals surface area contributed by atoms with Gasteiger partial charge < -0.3 is 15.2 Å². The maximum Gasteiger partial charge on any atom is 0.141 e. The number of rotatable bonds is 6. The minimum atomic E-state index is -0.610. The number of aliphatic hydroxyl groups is 1. The fourth-order valence-electron chi connectivity index (χ4n) is 1.20. The second-order valence-electron chi connectivity index (χ2n) is 4.05. The van der Waals surface area contributed by atoms with E-state index >= 15 is 0 Å². The highest BCUT2D eigenvalue weighted by Gasteiger charge is 2.06. The first-order valence-corrected chi connectivity index (χ1v) is 5.85. The Labute approximate surface area is 106 Å². The summed E-state index contributed by atoms with van der Waals surface area (Å²) in [7, 11) is 0. The van der Waals surface area contributed by atoms with Crippen molar-refractivity contribution in [1.82, 2.24) is 0 Å². The van der Waals surface area contributed by atoms with E-state index < -0.39 is 11.9 Å². The van der Waals surface area contributed by atoms with Crippen LogP contribution in [0.15, 0.2) is 18.2 Å². The van der Waals surface area contributed by atoms with E-state index in [1.165, 1.54) is 12.1 Å². The monoisotopic (exact) mass is 261 g/mol. The number of aliphatic hydroxyl groups excluding tert-OH is 1. The predicted octanol–water partition coefficient (Wildman–Crippen LogP) is 2.68. The summed E-state index contributed by atoms with van der Waals surface area (Å²) in [5.74, 6) is -0.457. The van der Waals surface area contributed by atoms with Crippen molar-refractivity contribution in [2.24, 2.45) is 0 Å². The van der Waals surface area contributed by atoms with Gasteiger partial charge in [0.05, 0.1) is 23.8 Å². The van der Waals surface area contributed by atoms with Crippen LogP contribution in [0, 0.1) is 5.82 Å². The minimum absolute atomic E-state index is 0.0583. The summed E-state index contributed by atoms with van der Waals surface area (Å²) in [5, 5.41) is 12.6. The van der Waals surface area contributed by atoms with E-state index in [4.69, 9.17) is 16.3 Å². The van der Waals surface area contributed by atoms with Crippen molar-refractivity contribution in [3.63, 3.8) is 0 Å². The van der Waals surface area contributed by atoms with E-state index in [-0.39, 0.29) is 17.7 Å². The van der Waals surface area contributed by atoms with E-state index in [1.807, 2.05) is 13.8 Å². The predicted molar refractivity (Wildman–Crippen MR) is 67.0 cm³/mol. The van der Waals surface area contributed by atoms with Crippen LogP contribution in [-0.4, -0.2) is 30.5 Å². The van der Waals surface area contributed by atoms with Gasteiger partial charge in [0.25, 0.3) is 0 Å². The summed E-state index contributed by atoms with van der Waals surface area (Å²) in [6.45, 7) is 4.40. The highest BCUT2D eigenvalue weighted by atomic mass is 35.5. The van der Waals surface area contributed by atoms with Gasteiger partial charge in [-0.15, -0.1) is 0 Å². The van der Waals surface area contributed by atoms with E-state index in [1.54, 1.807) is 6.07 Å². The topological polar surface area (TPSA) is 41.5 Å². The third kappa shape index (κ3) is 5.35. The molecule has 1 aromatic carbocycles. The van der Waals surface area contributed by atoms with Crippen molar-refractivity contribution in [3.8, 4) is 0 Å². The van der Waals surface area contributed by atoms with Crippen molar-refractivity contribution < 1.29 is 14.2 Å². The molecule has 3 nitrogen and oxygen atoms in total. The second kappa shape index (κ2) is 6.79. The maximum atomic E-state index is 12.9. The fraction of sp³-hybridized carbons (Fsp3) is 0.500. The van der Waals surface area contributed by atoms with Gasteiger partial charge in [0, 0.05) is 12.2 Å². The van der Waals surface area contributed by atoms with Gasteiger partial charge >= 0.3 is 0 Å². The lowest BCUT2D eigenvalue weighted by Gasteiger charge is -2.15. The maximum absolute atomic E-state index is 12.9. The summed E-state index contributed by atoms with van der Waals surface area (Å²) < 4.78 is 18.1. The fourth-order valence-corrected chi connectivity index (χ4v) is 1.38. The van der Waals surface area contributed by atoms with Crippen LogP contribution < -0.4 is 5.32 Å². The molecule has 0 saturated carbocycles. The first-order chi connectivity index (χ1) is 7.99. The van der Waals surface area contributed by atoms with Crippen molar-refractivity contribution in [2.75, 3.05) is 18.5 Å². The van der Waals surface area contributed by atoms with Crippen molar-refractivity contribution in [1.29, 1.82) is 0 Å². The number of anilines is 1. The summed E-state index contributed by atoms with van der Waals surface area (Å²) in [5.41, 5.74) is 0.667. The Morgan fingerprint density at radius 1 is 1.47 bits per heavy atom.